The Morgan fingerprint density at radius 1 is 1.23 bits per heavy atom. The molecule has 138 valence electrons. The third kappa shape index (κ3) is 4.38. The van der Waals surface area contributed by atoms with Crippen LogP contribution in [0.5, 0.6) is 0 Å². The third-order valence-electron chi connectivity index (χ3n) is 4.65. The second kappa shape index (κ2) is 7.83. The maximum absolute atomic E-state index is 13.7. The molecule has 1 saturated heterocycles. The number of hydrogen-bond donors (Lipinski definition) is 1. The first kappa shape index (κ1) is 18.3. The highest BCUT2D eigenvalue weighted by atomic mass is 19.1. The summed E-state index contributed by atoms with van der Waals surface area (Å²) in [6.45, 7) is 3.06. The van der Waals surface area contributed by atoms with Gasteiger partial charge in [-0.05, 0) is 74.8 Å². The lowest BCUT2D eigenvalue weighted by atomic mass is 10.0. The van der Waals surface area contributed by atoms with E-state index in [1.165, 1.54) is 30.3 Å². The van der Waals surface area contributed by atoms with E-state index in [-0.39, 0.29) is 6.04 Å². The monoisotopic (exact) mass is 360 g/mol. The Kier molecular flexibility index (Phi) is 5.52. The second-order valence-corrected chi connectivity index (χ2v) is 6.71. The Morgan fingerprint density at radius 2 is 2.04 bits per heavy atom. The number of carbonyl (C=O) groups excluding carboxylic acids is 1. The summed E-state index contributed by atoms with van der Waals surface area (Å²) in [5, 5.41) is 2.65. The highest BCUT2D eigenvalue weighted by Gasteiger charge is 2.22. The zero-order chi connectivity index (χ0) is 18.7. The summed E-state index contributed by atoms with van der Waals surface area (Å²) in [6, 6.07) is 8.63. The number of aryl methyl sites for hydroxylation is 1. The van der Waals surface area contributed by atoms with Gasteiger partial charge >= 0.3 is 6.09 Å². The van der Waals surface area contributed by atoms with Gasteiger partial charge < -0.3 is 9.64 Å². The number of amides is 1. The number of ether oxygens (including phenoxy) is 1. The van der Waals surface area contributed by atoms with Crippen molar-refractivity contribution in [2.75, 3.05) is 25.5 Å². The largest absolute Gasteiger partial charge is 0.448 e. The number of halogens is 2. The van der Waals surface area contributed by atoms with Gasteiger partial charge in [-0.15, -0.1) is 0 Å². The average molecular weight is 360 g/mol. The van der Waals surface area contributed by atoms with E-state index in [9.17, 15) is 13.6 Å². The van der Waals surface area contributed by atoms with Crippen molar-refractivity contribution < 1.29 is 18.3 Å². The molecule has 6 heteroatoms. The molecular formula is C20H22F2N2O2. The van der Waals surface area contributed by atoms with Crippen molar-refractivity contribution in [3.05, 3.63) is 53.6 Å². The molecule has 1 fully saturated rings. The summed E-state index contributed by atoms with van der Waals surface area (Å²) in [7, 11) is 2.00. The summed E-state index contributed by atoms with van der Waals surface area (Å²) >= 11 is 0. The van der Waals surface area contributed by atoms with Crippen LogP contribution >= 0.6 is 0 Å². The van der Waals surface area contributed by atoms with E-state index >= 15 is 0 Å². The molecule has 1 N–H and O–H groups in total. The molecule has 0 radical (unpaired) electrons. The lowest BCUT2D eigenvalue weighted by Crippen LogP contribution is -2.31. The minimum atomic E-state index is -0.605. The van der Waals surface area contributed by atoms with Crippen LogP contribution in [0.3, 0.4) is 0 Å². The van der Waals surface area contributed by atoms with Crippen LogP contribution in [0, 0.1) is 18.6 Å². The summed E-state index contributed by atoms with van der Waals surface area (Å²) in [4.78, 5) is 14.3. The van der Waals surface area contributed by atoms with E-state index < -0.39 is 17.7 Å². The first-order valence-corrected chi connectivity index (χ1v) is 8.63. The molecule has 1 aliphatic rings. The van der Waals surface area contributed by atoms with Gasteiger partial charge in [-0.3, -0.25) is 5.32 Å². The van der Waals surface area contributed by atoms with Crippen molar-refractivity contribution in [3.8, 4) is 11.1 Å². The number of benzene rings is 2. The molecule has 0 aromatic heterocycles. The number of hydrogen-bond acceptors (Lipinski definition) is 3. The van der Waals surface area contributed by atoms with Gasteiger partial charge in [-0.1, -0.05) is 6.07 Å². The highest BCUT2D eigenvalue weighted by molar-refractivity contribution is 5.91. The molecule has 0 saturated carbocycles. The van der Waals surface area contributed by atoms with E-state index in [2.05, 4.69) is 10.2 Å². The fourth-order valence-electron chi connectivity index (χ4n) is 3.26. The maximum atomic E-state index is 13.7. The molecule has 0 aliphatic carbocycles. The first-order valence-electron chi connectivity index (χ1n) is 8.63. The number of likely N-dealkylation sites (N-methyl/N-ethyl adjacent to an activating group) is 1. The van der Waals surface area contributed by atoms with Gasteiger partial charge in [-0.25, -0.2) is 13.6 Å². The van der Waals surface area contributed by atoms with E-state index in [1.807, 2.05) is 7.05 Å². The topological polar surface area (TPSA) is 41.6 Å². The highest BCUT2D eigenvalue weighted by Crippen LogP contribution is 2.30. The van der Waals surface area contributed by atoms with Gasteiger partial charge in [-0.2, -0.15) is 0 Å². The first-order chi connectivity index (χ1) is 12.4. The van der Waals surface area contributed by atoms with Gasteiger partial charge in [0.2, 0.25) is 0 Å². The molecule has 2 aromatic carbocycles. The SMILES string of the molecule is Cc1cc(F)cc(-c2cc(F)ccc2NC(=O)OCC2CCCN2C)c1. The minimum Gasteiger partial charge on any atom is -0.448 e. The van der Waals surface area contributed by atoms with E-state index in [0.29, 0.717) is 29.0 Å². The van der Waals surface area contributed by atoms with Crippen LogP contribution in [0.1, 0.15) is 18.4 Å². The quantitative estimate of drug-likeness (QED) is 0.868. The lowest BCUT2D eigenvalue weighted by molar-refractivity contribution is 0.127. The van der Waals surface area contributed by atoms with E-state index in [0.717, 1.165) is 19.4 Å². The minimum absolute atomic E-state index is 0.222. The zero-order valence-electron chi connectivity index (χ0n) is 14.9. The fourth-order valence-corrected chi connectivity index (χ4v) is 3.26. The van der Waals surface area contributed by atoms with Crippen molar-refractivity contribution >= 4 is 11.8 Å². The van der Waals surface area contributed by atoms with Gasteiger partial charge in [0, 0.05) is 11.6 Å². The predicted octanol–water partition coefficient (Wildman–Crippen LogP) is 4.58. The van der Waals surface area contributed by atoms with Crippen LogP contribution in [0.4, 0.5) is 19.3 Å². The number of likely N-dealkylation sites (tertiary alicyclic amines) is 1. The normalized spacial score (nSPS) is 17.3. The molecule has 1 heterocycles. The van der Waals surface area contributed by atoms with Crippen LogP contribution in [0.2, 0.25) is 0 Å². The molecule has 0 bridgehead atoms. The smallest absolute Gasteiger partial charge is 0.411 e. The average Bonchev–Trinajstić information content (AvgIpc) is 2.99. The number of nitrogens with zero attached hydrogens (tertiary/aromatic N) is 1. The molecule has 2 aromatic rings. The summed E-state index contributed by atoms with van der Waals surface area (Å²) in [5.41, 5.74) is 1.98. The fraction of sp³-hybridized carbons (Fsp3) is 0.350. The van der Waals surface area contributed by atoms with Crippen LogP contribution in [0.15, 0.2) is 36.4 Å². The van der Waals surface area contributed by atoms with E-state index in [4.69, 9.17) is 4.74 Å². The number of nitrogens with one attached hydrogen (secondary N) is 1. The zero-order valence-corrected chi connectivity index (χ0v) is 14.9. The number of rotatable bonds is 4. The molecule has 1 aliphatic heterocycles. The molecule has 1 atom stereocenters. The molecule has 26 heavy (non-hydrogen) atoms. The van der Waals surface area contributed by atoms with Gasteiger partial charge in [0.15, 0.2) is 0 Å². The number of anilines is 1. The molecule has 3 rings (SSSR count). The van der Waals surface area contributed by atoms with Gasteiger partial charge in [0.25, 0.3) is 0 Å². The van der Waals surface area contributed by atoms with Crippen molar-refractivity contribution in [1.82, 2.24) is 4.90 Å². The third-order valence-corrected chi connectivity index (χ3v) is 4.65. The molecule has 1 unspecified atom stereocenters. The predicted molar refractivity (Wildman–Crippen MR) is 97.2 cm³/mol. The van der Waals surface area contributed by atoms with Gasteiger partial charge in [0.1, 0.15) is 18.2 Å². The van der Waals surface area contributed by atoms with Crippen LogP contribution in [0.25, 0.3) is 11.1 Å². The summed E-state index contributed by atoms with van der Waals surface area (Å²) in [6.07, 6.45) is 1.48. The van der Waals surface area contributed by atoms with Crippen LogP contribution in [-0.2, 0) is 4.74 Å². The van der Waals surface area contributed by atoms with Crippen LogP contribution < -0.4 is 5.32 Å². The molecule has 4 nitrogen and oxygen atoms in total. The maximum Gasteiger partial charge on any atom is 0.411 e. The van der Waals surface area contributed by atoms with Crippen molar-refractivity contribution in [2.24, 2.45) is 0 Å². The van der Waals surface area contributed by atoms with E-state index in [1.54, 1.807) is 13.0 Å². The Balaban J connectivity index is 1.76. The van der Waals surface area contributed by atoms with Crippen molar-refractivity contribution in [1.29, 1.82) is 0 Å². The Morgan fingerprint density at radius 3 is 2.73 bits per heavy atom. The van der Waals surface area contributed by atoms with Gasteiger partial charge in [0.05, 0.1) is 5.69 Å². The Hall–Kier alpha value is -2.47. The van der Waals surface area contributed by atoms with Crippen molar-refractivity contribution in [2.45, 2.75) is 25.8 Å². The molecule has 1 amide bonds. The number of carbonyl (C=O) groups is 1. The molecule has 0 spiro atoms. The lowest BCUT2D eigenvalue weighted by Gasteiger charge is -2.19. The Bertz CT molecular complexity index is 790. The Labute approximate surface area is 151 Å². The van der Waals surface area contributed by atoms with Crippen molar-refractivity contribution in [3.63, 3.8) is 0 Å². The standard InChI is InChI=1S/C20H22F2N2O2/c1-13-8-14(10-16(22)9-13)18-11-15(21)5-6-19(18)23-20(25)26-12-17-4-3-7-24(17)2/h5-6,8-11,17H,3-4,7,12H2,1-2H3,(H,23,25). The molecular weight excluding hydrogens is 338 g/mol. The summed E-state index contributed by atoms with van der Waals surface area (Å²) in [5.74, 6) is -0.879. The summed E-state index contributed by atoms with van der Waals surface area (Å²) < 4.78 is 32.8. The van der Waals surface area contributed by atoms with Crippen LogP contribution in [-0.4, -0.2) is 37.2 Å². The second-order valence-electron chi connectivity index (χ2n) is 6.71.